The molecule has 2 saturated carbocycles. The van der Waals surface area contributed by atoms with E-state index in [4.69, 9.17) is 0 Å². The molecule has 2 heterocycles. The van der Waals surface area contributed by atoms with Crippen LogP contribution in [0.5, 0.6) is 0 Å². The van der Waals surface area contributed by atoms with Gasteiger partial charge >= 0.3 is 0 Å². The predicted molar refractivity (Wildman–Crippen MR) is 75.0 cm³/mol. The van der Waals surface area contributed by atoms with Gasteiger partial charge in [0.25, 0.3) is 0 Å². The van der Waals surface area contributed by atoms with Gasteiger partial charge in [0.1, 0.15) is 0 Å². The third-order valence-corrected chi connectivity index (χ3v) is 7.45. The number of hydrogen-bond donors (Lipinski definition) is 2. The number of hydrogen-bond acceptors (Lipinski definition) is 4. The summed E-state index contributed by atoms with van der Waals surface area (Å²) < 4.78 is 0.398. The van der Waals surface area contributed by atoms with E-state index in [9.17, 15) is 10.3 Å². The summed E-state index contributed by atoms with van der Waals surface area (Å²) in [5.74, 6) is 2.97. The number of nitrogens with zero attached hydrogens (tertiary/aromatic N) is 2. The van der Waals surface area contributed by atoms with Gasteiger partial charge in [-0.2, -0.15) is 0 Å². The highest BCUT2D eigenvalue weighted by molar-refractivity contribution is 14.1. The van der Waals surface area contributed by atoms with Gasteiger partial charge in [0.05, 0.1) is 10.1 Å². The van der Waals surface area contributed by atoms with Crippen LogP contribution in [0, 0.1) is 23.7 Å². The Balaban J connectivity index is 1.65. The number of fused-ring (bicyclic) bond motifs is 7. The summed E-state index contributed by atoms with van der Waals surface area (Å²) in [4.78, 5) is 2.08. The van der Waals surface area contributed by atoms with Crippen LogP contribution in [0.15, 0.2) is 0 Å². The number of piperidine rings is 1. The lowest BCUT2D eigenvalue weighted by molar-refractivity contribution is -0.228. The van der Waals surface area contributed by atoms with E-state index in [0.717, 1.165) is 18.4 Å². The summed E-state index contributed by atoms with van der Waals surface area (Å²) in [5, 5.41) is 21.4. The van der Waals surface area contributed by atoms with Gasteiger partial charge in [0.2, 0.25) is 0 Å². The second-order valence-electron chi connectivity index (χ2n) is 6.48. The van der Waals surface area contributed by atoms with Gasteiger partial charge in [-0.05, 0) is 36.5 Å². The normalized spacial score (nSPS) is 59.5. The standard InChI is InChI=1S/C13H21IN2O2/c14-12-11-8-5-3-1-2-4-7(8)10(11)9-6-15(12)13(17)16(9)18/h7-13,17-18H,1-6H2/t7?,8?,9-,10-,11?,12-,13?/m0/s1. The van der Waals surface area contributed by atoms with Crippen LogP contribution in [0.25, 0.3) is 0 Å². The Bertz CT molecular complexity index is 354. The van der Waals surface area contributed by atoms with Crippen molar-refractivity contribution >= 4 is 22.6 Å². The molecule has 4 nitrogen and oxygen atoms in total. The first kappa shape index (κ1) is 12.3. The predicted octanol–water partition coefficient (Wildman–Crippen LogP) is 1.85. The zero-order valence-corrected chi connectivity index (χ0v) is 12.6. The Labute approximate surface area is 121 Å². The molecular weight excluding hydrogens is 343 g/mol. The number of aliphatic hydroxyl groups excluding tert-OH is 1. The minimum Gasteiger partial charge on any atom is -0.363 e. The third-order valence-electron chi connectivity index (χ3n) is 5.91. The highest BCUT2D eigenvalue weighted by Gasteiger charge is 2.64. The Kier molecular flexibility index (Phi) is 2.93. The SMILES string of the molecule is OC1N(O)[C@H]2CN1[C@H](I)C1C3CCCCCC3[C@H]12. The fourth-order valence-electron chi connectivity index (χ4n) is 5.14. The molecule has 5 heteroatoms. The molecular formula is C13H21IN2O2. The van der Waals surface area contributed by atoms with Crippen molar-refractivity contribution in [3.63, 3.8) is 0 Å². The van der Waals surface area contributed by atoms with E-state index in [1.165, 1.54) is 37.2 Å². The van der Waals surface area contributed by atoms with Crippen LogP contribution >= 0.6 is 22.6 Å². The maximum Gasteiger partial charge on any atom is 0.188 e. The van der Waals surface area contributed by atoms with Crippen molar-refractivity contribution in [1.29, 1.82) is 0 Å². The largest absolute Gasteiger partial charge is 0.363 e. The molecule has 2 saturated heterocycles. The van der Waals surface area contributed by atoms with Crippen LogP contribution in [0.2, 0.25) is 0 Å². The van der Waals surface area contributed by atoms with Gasteiger partial charge < -0.3 is 10.3 Å². The van der Waals surface area contributed by atoms with Crippen molar-refractivity contribution in [3.05, 3.63) is 0 Å². The first-order chi connectivity index (χ1) is 8.70. The summed E-state index contributed by atoms with van der Waals surface area (Å²) in [7, 11) is 0. The minimum atomic E-state index is -0.772. The lowest BCUT2D eigenvalue weighted by atomic mass is 9.51. The van der Waals surface area contributed by atoms with E-state index in [-0.39, 0.29) is 6.04 Å². The highest BCUT2D eigenvalue weighted by Crippen LogP contribution is 2.61. The number of aliphatic hydroxyl groups is 1. The molecule has 2 bridgehead atoms. The van der Waals surface area contributed by atoms with E-state index in [1.807, 2.05) is 0 Å². The molecule has 0 aromatic carbocycles. The van der Waals surface area contributed by atoms with Crippen LogP contribution in [0.1, 0.15) is 32.1 Å². The van der Waals surface area contributed by atoms with Crippen LogP contribution < -0.4 is 0 Å². The third kappa shape index (κ3) is 1.45. The molecule has 2 aliphatic heterocycles. The number of rotatable bonds is 0. The summed E-state index contributed by atoms with van der Waals surface area (Å²) in [6.45, 7) is 0.843. The molecule has 2 N–H and O–H groups in total. The zero-order valence-electron chi connectivity index (χ0n) is 10.5. The molecule has 102 valence electrons. The van der Waals surface area contributed by atoms with Gasteiger partial charge in [-0.1, -0.05) is 41.9 Å². The van der Waals surface area contributed by atoms with E-state index in [1.54, 1.807) is 0 Å². The molecule has 0 amide bonds. The average molecular weight is 364 g/mol. The van der Waals surface area contributed by atoms with E-state index < -0.39 is 6.35 Å². The Morgan fingerprint density at radius 1 is 1.00 bits per heavy atom. The fourth-order valence-corrected chi connectivity index (χ4v) is 6.67. The van der Waals surface area contributed by atoms with Crippen molar-refractivity contribution in [1.82, 2.24) is 9.96 Å². The van der Waals surface area contributed by atoms with Crippen molar-refractivity contribution in [2.24, 2.45) is 23.7 Å². The maximum absolute atomic E-state index is 10.1. The molecule has 0 radical (unpaired) electrons. The Morgan fingerprint density at radius 3 is 2.39 bits per heavy atom. The summed E-state index contributed by atoms with van der Waals surface area (Å²) >= 11 is 2.49. The molecule has 4 fully saturated rings. The molecule has 2 aliphatic carbocycles. The average Bonchev–Trinajstić information content (AvgIpc) is 2.52. The number of hydroxylamine groups is 2. The molecule has 0 aromatic heterocycles. The summed E-state index contributed by atoms with van der Waals surface area (Å²) in [6, 6.07) is 0.176. The first-order valence-corrected chi connectivity index (χ1v) is 8.50. The minimum absolute atomic E-state index is 0.176. The first-order valence-electron chi connectivity index (χ1n) is 7.25. The monoisotopic (exact) mass is 364 g/mol. The molecule has 0 aromatic rings. The number of alkyl halides is 1. The summed E-state index contributed by atoms with van der Waals surface area (Å²) in [5.41, 5.74) is 0. The highest BCUT2D eigenvalue weighted by atomic mass is 127. The topological polar surface area (TPSA) is 46.9 Å². The van der Waals surface area contributed by atoms with Gasteiger partial charge in [0.15, 0.2) is 6.35 Å². The molecule has 4 aliphatic rings. The van der Waals surface area contributed by atoms with Gasteiger partial charge in [-0.15, -0.1) is 5.06 Å². The molecule has 0 spiro atoms. The second kappa shape index (κ2) is 4.28. The maximum atomic E-state index is 10.1. The quantitative estimate of drug-likeness (QED) is 0.391. The van der Waals surface area contributed by atoms with Gasteiger partial charge in [-0.25, -0.2) is 4.90 Å². The van der Waals surface area contributed by atoms with E-state index in [2.05, 4.69) is 27.5 Å². The Morgan fingerprint density at radius 2 is 1.67 bits per heavy atom. The molecule has 5 unspecified atom stereocenters. The molecule has 4 rings (SSSR count). The van der Waals surface area contributed by atoms with Crippen LogP contribution in [-0.4, -0.2) is 43.3 Å². The zero-order chi connectivity index (χ0) is 12.4. The fraction of sp³-hybridized carbons (Fsp3) is 1.00. The molecule has 18 heavy (non-hydrogen) atoms. The van der Waals surface area contributed by atoms with Crippen molar-refractivity contribution in [3.8, 4) is 0 Å². The smallest absolute Gasteiger partial charge is 0.188 e. The van der Waals surface area contributed by atoms with Crippen LogP contribution in [-0.2, 0) is 0 Å². The number of halogens is 1. The lowest BCUT2D eigenvalue weighted by Gasteiger charge is -2.59. The van der Waals surface area contributed by atoms with Gasteiger partial charge in [-0.3, -0.25) is 0 Å². The lowest BCUT2D eigenvalue weighted by Crippen LogP contribution is -2.62. The van der Waals surface area contributed by atoms with Gasteiger partial charge in [0, 0.05) is 6.54 Å². The van der Waals surface area contributed by atoms with Crippen LogP contribution in [0.4, 0.5) is 0 Å². The van der Waals surface area contributed by atoms with E-state index in [0.29, 0.717) is 15.9 Å². The van der Waals surface area contributed by atoms with E-state index >= 15 is 0 Å². The van der Waals surface area contributed by atoms with Crippen LogP contribution in [0.3, 0.4) is 0 Å². The van der Waals surface area contributed by atoms with Crippen molar-refractivity contribution in [2.45, 2.75) is 48.5 Å². The molecule has 8 atom stereocenters. The van der Waals surface area contributed by atoms with Crippen molar-refractivity contribution < 1.29 is 10.3 Å². The second-order valence-corrected chi connectivity index (χ2v) is 7.76. The van der Waals surface area contributed by atoms with Crippen molar-refractivity contribution in [2.75, 3.05) is 6.54 Å². The summed E-state index contributed by atoms with van der Waals surface area (Å²) in [6.07, 6.45) is 6.07. The Hall–Kier alpha value is 0.570.